The van der Waals surface area contributed by atoms with E-state index in [-0.39, 0.29) is 17.9 Å². The molecule has 0 aliphatic carbocycles. The van der Waals surface area contributed by atoms with Crippen LogP contribution >= 0.6 is 0 Å². The maximum absolute atomic E-state index is 13.2. The average molecular weight is 490 g/mol. The summed E-state index contributed by atoms with van der Waals surface area (Å²) in [6.07, 6.45) is 3.18. The van der Waals surface area contributed by atoms with Crippen molar-refractivity contribution < 1.29 is 28.6 Å². The lowest BCUT2D eigenvalue weighted by atomic mass is 9.99. The molecule has 7 heteroatoms. The minimum Gasteiger partial charge on any atom is -0.507 e. The molecule has 1 N–H and O–H groups in total. The van der Waals surface area contributed by atoms with E-state index in [1.54, 1.807) is 62.6 Å². The standard InChI is InChI=1S/C29H31NO6/c1-4-5-6-17-35-23-14-10-21(11-15-23)27(31)25-26(24-16-7-19(2)36-24)30(29(33)28(25)32)18-20-8-12-22(34-3)13-9-20/h7-16,26,31H,4-6,17-18H2,1-3H3/b27-25-. The van der Waals surface area contributed by atoms with E-state index in [0.29, 0.717) is 35.2 Å². The van der Waals surface area contributed by atoms with Crippen LogP contribution in [0.15, 0.2) is 70.7 Å². The van der Waals surface area contributed by atoms with Gasteiger partial charge >= 0.3 is 0 Å². The third kappa shape index (κ3) is 5.30. The van der Waals surface area contributed by atoms with E-state index in [9.17, 15) is 14.7 Å². The lowest BCUT2D eigenvalue weighted by Gasteiger charge is -2.23. The lowest BCUT2D eigenvalue weighted by Crippen LogP contribution is -2.29. The van der Waals surface area contributed by atoms with E-state index in [1.807, 2.05) is 12.1 Å². The number of aryl methyl sites for hydroxylation is 1. The molecule has 0 spiro atoms. The molecule has 0 saturated carbocycles. The van der Waals surface area contributed by atoms with Crippen LogP contribution in [-0.2, 0) is 16.1 Å². The molecule has 1 unspecified atom stereocenters. The number of benzene rings is 2. The third-order valence-corrected chi connectivity index (χ3v) is 6.23. The number of amides is 1. The molecule has 1 aliphatic rings. The Hall–Kier alpha value is -4.00. The van der Waals surface area contributed by atoms with Crippen LogP contribution in [0.4, 0.5) is 0 Å². The predicted octanol–water partition coefficient (Wildman–Crippen LogP) is 5.79. The molecule has 1 aromatic heterocycles. The van der Waals surface area contributed by atoms with Gasteiger partial charge in [0.25, 0.3) is 11.7 Å². The summed E-state index contributed by atoms with van der Waals surface area (Å²) in [5.41, 5.74) is 1.24. The molecular weight excluding hydrogens is 458 g/mol. The van der Waals surface area contributed by atoms with Gasteiger partial charge < -0.3 is 23.9 Å². The maximum atomic E-state index is 13.2. The Kier molecular flexibility index (Phi) is 7.78. The van der Waals surface area contributed by atoms with Crippen molar-refractivity contribution in [1.82, 2.24) is 4.90 Å². The lowest BCUT2D eigenvalue weighted by molar-refractivity contribution is -0.140. The van der Waals surface area contributed by atoms with E-state index in [1.165, 1.54) is 4.90 Å². The van der Waals surface area contributed by atoms with E-state index >= 15 is 0 Å². The first-order valence-corrected chi connectivity index (χ1v) is 12.1. The van der Waals surface area contributed by atoms with Crippen LogP contribution in [0.5, 0.6) is 11.5 Å². The number of methoxy groups -OCH3 is 1. The van der Waals surface area contributed by atoms with Gasteiger partial charge in [-0.3, -0.25) is 9.59 Å². The fourth-order valence-electron chi connectivity index (χ4n) is 4.27. The van der Waals surface area contributed by atoms with Crippen molar-refractivity contribution in [2.45, 2.75) is 45.7 Å². The van der Waals surface area contributed by atoms with E-state index in [4.69, 9.17) is 13.9 Å². The number of likely N-dealkylation sites (tertiary alicyclic amines) is 1. The topological polar surface area (TPSA) is 89.2 Å². The molecule has 0 radical (unpaired) electrons. The first kappa shape index (κ1) is 25.1. The third-order valence-electron chi connectivity index (χ3n) is 6.23. The highest BCUT2D eigenvalue weighted by molar-refractivity contribution is 6.46. The number of furan rings is 1. The Bertz CT molecular complexity index is 1240. The summed E-state index contributed by atoms with van der Waals surface area (Å²) in [5.74, 6) is 0.740. The number of hydrogen-bond acceptors (Lipinski definition) is 6. The number of hydrogen-bond donors (Lipinski definition) is 1. The zero-order valence-corrected chi connectivity index (χ0v) is 20.8. The van der Waals surface area contributed by atoms with Crippen LogP contribution in [-0.4, -0.2) is 35.4 Å². The van der Waals surface area contributed by atoms with Gasteiger partial charge in [0.1, 0.15) is 34.8 Å². The first-order valence-electron chi connectivity index (χ1n) is 12.1. The summed E-state index contributed by atoms with van der Waals surface area (Å²) in [6, 6.07) is 16.8. The van der Waals surface area contributed by atoms with E-state index < -0.39 is 17.7 Å². The number of unbranched alkanes of at least 4 members (excludes halogenated alkanes) is 2. The van der Waals surface area contributed by atoms with Crippen molar-refractivity contribution in [2.24, 2.45) is 0 Å². The van der Waals surface area contributed by atoms with Crippen LogP contribution < -0.4 is 9.47 Å². The number of Topliss-reactive ketones (excluding diaryl/α,β-unsaturated/α-hetero) is 1. The molecule has 1 atom stereocenters. The van der Waals surface area contributed by atoms with Crippen LogP contribution in [0, 0.1) is 6.92 Å². The molecule has 2 aromatic carbocycles. The summed E-state index contributed by atoms with van der Waals surface area (Å²) in [4.78, 5) is 27.8. The fourth-order valence-corrected chi connectivity index (χ4v) is 4.27. The zero-order chi connectivity index (χ0) is 25.7. The van der Waals surface area contributed by atoms with Crippen molar-refractivity contribution >= 4 is 17.4 Å². The second-order valence-electron chi connectivity index (χ2n) is 8.80. The summed E-state index contributed by atoms with van der Waals surface area (Å²) in [6.45, 7) is 4.71. The molecule has 1 aliphatic heterocycles. The molecule has 3 aromatic rings. The van der Waals surface area contributed by atoms with Gasteiger partial charge in [-0.15, -0.1) is 0 Å². The average Bonchev–Trinajstić information content (AvgIpc) is 3.43. The minimum absolute atomic E-state index is 0.000485. The molecule has 188 valence electrons. The molecule has 4 rings (SSSR count). The second kappa shape index (κ2) is 11.2. The highest BCUT2D eigenvalue weighted by atomic mass is 16.5. The van der Waals surface area contributed by atoms with Crippen LogP contribution in [0.25, 0.3) is 5.76 Å². The second-order valence-corrected chi connectivity index (χ2v) is 8.80. The summed E-state index contributed by atoms with van der Waals surface area (Å²) >= 11 is 0. The maximum Gasteiger partial charge on any atom is 0.296 e. The molecule has 7 nitrogen and oxygen atoms in total. The Morgan fingerprint density at radius 1 is 0.972 bits per heavy atom. The SMILES string of the molecule is CCCCCOc1ccc(/C(O)=C2/C(=O)C(=O)N(Cc3ccc(OC)cc3)C2c2ccc(C)o2)cc1. The predicted molar refractivity (Wildman–Crippen MR) is 136 cm³/mol. The first-order chi connectivity index (χ1) is 17.4. The number of ketones is 1. The Morgan fingerprint density at radius 2 is 1.67 bits per heavy atom. The summed E-state index contributed by atoms with van der Waals surface area (Å²) in [5, 5.41) is 11.2. The summed E-state index contributed by atoms with van der Waals surface area (Å²) in [7, 11) is 1.58. The van der Waals surface area contributed by atoms with Crippen LogP contribution in [0.3, 0.4) is 0 Å². The highest BCUT2D eigenvalue weighted by Crippen LogP contribution is 2.41. The number of rotatable bonds is 10. The van der Waals surface area contributed by atoms with E-state index in [2.05, 4.69) is 6.92 Å². The number of aliphatic hydroxyl groups excluding tert-OH is 1. The van der Waals surface area contributed by atoms with Crippen molar-refractivity contribution in [2.75, 3.05) is 13.7 Å². The van der Waals surface area contributed by atoms with Crippen molar-refractivity contribution in [3.8, 4) is 11.5 Å². The van der Waals surface area contributed by atoms with Gasteiger partial charge in [-0.25, -0.2) is 0 Å². The zero-order valence-electron chi connectivity index (χ0n) is 20.8. The Balaban J connectivity index is 1.67. The van der Waals surface area contributed by atoms with Crippen molar-refractivity contribution in [3.05, 3.63) is 88.9 Å². The van der Waals surface area contributed by atoms with Gasteiger partial charge in [0.2, 0.25) is 0 Å². The number of carbonyl (C=O) groups is 2. The largest absolute Gasteiger partial charge is 0.507 e. The number of nitrogens with zero attached hydrogens (tertiary/aromatic N) is 1. The molecule has 1 amide bonds. The monoisotopic (exact) mass is 489 g/mol. The molecular formula is C29H31NO6. The van der Waals surface area contributed by atoms with Crippen LogP contribution in [0.2, 0.25) is 0 Å². The number of aliphatic hydroxyl groups is 1. The number of carbonyl (C=O) groups excluding carboxylic acids is 2. The molecule has 2 heterocycles. The molecule has 36 heavy (non-hydrogen) atoms. The number of ether oxygens (including phenoxy) is 2. The van der Waals surface area contributed by atoms with Crippen molar-refractivity contribution in [3.63, 3.8) is 0 Å². The fraction of sp³-hybridized carbons (Fsp3) is 0.310. The molecule has 1 fully saturated rings. The van der Waals surface area contributed by atoms with Crippen LogP contribution in [0.1, 0.15) is 54.9 Å². The molecule has 1 saturated heterocycles. The van der Waals surface area contributed by atoms with Gasteiger partial charge in [-0.1, -0.05) is 31.9 Å². The van der Waals surface area contributed by atoms with Gasteiger partial charge in [0.15, 0.2) is 0 Å². The van der Waals surface area contributed by atoms with Gasteiger partial charge in [0, 0.05) is 12.1 Å². The smallest absolute Gasteiger partial charge is 0.296 e. The Morgan fingerprint density at radius 3 is 2.28 bits per heavy atom. The molecule has 0 bridgehead atoms. The van der Waals surface area contributed by atoms with E-state index in [0.717, 1.165) is 24.8 Å². The van der Waals surface area contributed by atoms with Crippen molar-refractivity contribution in [1.29, 1.82) is 0 Å². The Labute approximate surface area is 210 Å². The quantitative estimate of drug-likeness (QED) is 0.168. The highest BCUT2D eigenvalue weighted by Gasteiger charge is 2.47. The minimum atomic E-state index is -0.856. The van der Waals surface area contributed by atoms with Gasteiger partial charge in [0.05, 0.1) is 19.3 Å². The van der Waals surface area contributed by atoms with Gasteiger partial charge in [-0.05, 0) is 67.4 Å². The van der Waals surface area contributed by atoms with Gasteiger partial charge in [-0.2, -0.15) is 0 Å². The normalized spacial score (nSPS) is 17.0. The summed E-state index contributed by atoms with van der Waals surface area (Å²) < 4.78 is 16.8.